The third kappa shape index (κ3) is 6.92. The molecule has 23 heavy (non-hydrogen) atoms. The first-order valence-electron chi connectivity index (χ1n) is 7.70. The predicted molar refractivity (Wildman–Crippen MR) is 91.8 cm³/mol. The van der Waals surface area contributed by atoms with Crippen LogP contribution in [0.5, 0.6) is 0 Å². The van der Waals surface area contributed by atoms with Crippen molar-refractivity contribution in [3.05, 3.63) is 66.8 Å². The quantitative estimate of drug-likeness (QED) is 0.352. The standard InChI is InChI=1S/C9H7.C5H5.C4H8Si2.2ClH.Zr/c1-2-5-9-7-3-6-8(9)4-1;1-2-4-5-3-1;1-2-6-4-3-5-1;;;/h1-7H;1-3H,4H2;1-4H2;2*1H;/q2*-1;;;;/p-2. The van der Waals surface area contributed by atoms with Gasteiger partial charge < -0.3 is 24.8 Å². The summed E-state index contributed by atoms with van der Waals surface area (Å²) in [6.45, 7) is 0. The second-order valence-corrected chi connectivity index (χ2v) is 26.9. The van der Waals surface area contributed by atoms with E-state index in [2.05, 4.69) is 54.6 Å². The van der Waals surface area contributed by atoms with Crippen molar-refractivity contribution in [2.24, 2.45) is 0 Å². The van der Waals surface area contributed by atoms with Gasteiger partial charge >= 0.3 is 55.5 Å². The molecule has 0 amide bonds. The molecule has 0 aromatic heterocycles. The normalized spacial score (nSPS) is 15.5. The topological polar surface area (TPSA) is 0 Å². The maximum absolute atomic E-state index is 2.99. The summed E-state index contributed by atoms with van der Waals surface area (Å²) in [6.07, 6.45) is 10.0. The van der Waals surface area contributed by atoms with Gasteiger partial charge in [-0.3, -0.25) is 6.08 Å². The minimum Gasteiger partial charge on any atom is -1.00 e. The van der Waals surface area contributed by atoms with E-state index < -0.39 is 0 Å². The van der Waals surface area contributed by atoms with Crippen LogP contribution in [0.1, 0.15) is 6.42 Å². The monoisotopic (exact) mass is 452 g/mol. The van der Waals surface area contributed by atoms with E-state index in [0.29, 0.717) is 31.3 Å². The Morgan fingerprint density at radius 3 is 2.09 bits per heavy atom. The first-order chi connectivity index (χ1) is 10.4. The van der Waals surface area contributed by atoms with Crippen LogP contribution in [-0.2, 0) is 20.5 Å². The molecule has 2 aromatic carbocycles. The van der Waals surface area contributed by atoms with Crippen LogP contribution in [0.15, 0.2) is 60.7 Å². The molecule has 0 nitrogen and oxygen atoms in total. The van der Waals surface area contributed by atoms with Crippen LogP contribution in [0.3, 0.4) is 0 Å². The van der Waals surface area contributed by atoms with E-state index >= 15 is 0 Å². The molecule has 2 bridgehead atoms. The molecule has 0 N–H and O–H groups in total. The number of hydrogen-bond donors (Lipinski definition) is 0. The summed E-state index contributed by atoms with van der Waals surface area (Å²) in [4.78, 5) is 0. The largest absolute Gasteiger partial charge is 1.00 e. The van der Waals surface area contributed by atoms with Crippen LogP contribution in [0, 0.1) is 6.08 Å². The van der Waals surface area contributed by atoms with E-state index in [9.17, 15) is 0 Å². The smallest absolute Gasteiger partial charge is 0.0809 e. The third-order valence-corrected chi connectivity index (χ3v) is 34.2. The van der Waals surface area contributed by atoms with E-state index in [-0.39, 0.29) is 24.8 Å². The van der Waals surface area contributed by atoms with Crippen LogP contribution in [0.2, 0.25) is 24.2 Å². The molecule has 0 spiro atoms. The van der Waals surface area contributed by atoms with Crippen molar-refractivity contribution in [1.29, 1.82) is 0 Å². The summed E-state index contributed by atoms with van der Waals surface area (Å²) in [5.41, 5.74) is 1.08. The van der Waals surface area contributed by atoms with Crippen LogP contribution in [-0.4, -0.2) is 10.9 Å². The maximum atomic E-state index is 2.99. The van der Waals surface area contributed by atoms with Crippen molar-refractivity contribution in [2.45, 2.75) is 30.6 Å². The van der Waals surface area contributed by atoms with Gasteiger partial charge in [0.1, 0.15) is 0 Å². The van der Waals surface area contributed by atoms with Crippen molar-refractivity contribution in [3.63, 3.8) is 0 Å². The van der Waals surface area contributed by atoms with Gasteiger partial charge in [0.25, 0.3) is 0 Å². The first kappa shape index (κ1) is 21.2. The van der Waals surface area contributed by atoms with Gasteiger partial charge in [0, 0.05) is 0 Å². The number of fused-ring (bicyclic) bond motifs is 1. The zero-order chi connectivity index (χ0) is 14.3. The van der Waals surface area contributed by atoms with Gasteiger partial charge in [0.2, 0.25) is 0 Å². The molecular formula is C18H20Cl2Si2Zr-4. The summed E-state index contributed by atoms with van der Waals surface area (Å²) in [7, 11) is 0. The Balaban J connectivity index is 0.000000172. The van der Waals surface area contributed by atoms with Gasteiger partial charge in [-0.15, -0.1) is 36.1 Å². The average Bonchev–Trinajstić information content (AvgIpc) is 3.34. The minimum absolute atomic E-state index is 0. The number of halogens is 2. The Kier molecular flexibility index (Phi) is 10.8. The molecule has 2 heterocycles. The molecule has 5 heteroatoms. The van der Waals surface area contributed by atoms with Gasteiger partial charge in [-0.1, -0.05) is 6.07 Å². The Morgan fingerprint density at radius 1 is 0.957 bits per heavy atom. The number of hydrogen-bond acceptors (Lipinski definition) is 0. The molecular weight excluding hydrogens is 435 g/mol. The fourth-order valence-electron chi connectivity index (χ4n) is 2.76. The maximum Gasteiger partial charge on any atom is -0.0809 e. The van der Waals surface area contributed by atoms with Crippen LogP contribution >= 0.6 is 0 Å². The van der Waals surface area contributed by atoms with E-state index in [1.165, 1.54) is 10.8 Å². The molecule has 2 aromatic rings. The van der Waals surface area contributed by atoms with E-state index in [0.717, 1.165) is 6.42 Å². The third-order valence-electron chi connectivity index (χ3n) is 3.94. The molecule has 3 aliphatic rings. The fraction of sp³-hybridized carbons (Fsp3) is 0.278. The predicted octanol–water partition coefficient (Wildman–Crippen LogP) is -1.05. The molecule has 0 saturated carbocycles. The Morgan fingerprint density at radius 2 is 1.65 bits per heavy atom. The Labute approximate surface area is 163 Å². The van der Waals surface area contributed by atoms with Crippen molar-refractivity contribution in [1.82, 2.24) is 0 Å². The van der Waals surface area contributed by atoms with E-state index in [1.54, 1.807) is 24.2 Å². The molecule has 0 fully saturated rings. The molecule has 0 atom stereocenters. The number of allylic oxidation sites excluding steroid dienone is 4. The van der Waals surface area contributed by atoms with Crippen molar-refractivity contribution >= 4 is 21.6 Å². The summed E-state index contributed by atoms with van der Waals surface area (Å²) in [5, 5.41) is 2.66. The molecule has 0 saturated heterocycles. The molecule has 0 unspecified atom stereocenters. The average molecular weight is 455 g/mol. The second-order valence-electron chi connectivity index (χ2n) is 5.49. The van der Waals surface area contributed by atoms with E-state index in [1.807, 2.05) is 12.2 Å². The molecule has 0 radical (unpaired) electrons. The van der Waals surface area contributed by atoms with Gasteiger partial charge in [-0.25, -0.2) is 12.2 Å². The molecule has 2 aliphatic heterocycles. The van der Waals surface area contributed by atoms with E-state index in [4.69, 9.17) is 0 Å². The van der Waals surface area contributed by atoms with Gasteiger partial charge in [0.05, 0.1) is 0 Å². The molecule has 5 rings (SSSR count). The van der Waals surface area contributed by atoms with Gasteiger partial charge in [-0.05, 0) is 0 Å². The van der Waals surface area contributed by atoms with Gasteiger partial charge in [-0.2, -0.15) is 23.6 Å². The molecule has 122 valence electrons. The van der Waals surface area contributed by atoms with Crippen molar-refractivity contribution in [3.8, 4) is 0 Å². The van der Waals surface area contributed by atoms with Crippen molar-refractivity contribution in [2.75, 3.05) is 0 Å². The fourth-order valence-corrected chi connectivity index (χ4v) is 45.3. The SMILES string of the molecule is C1C[Si]2=[Zr]=[Si]1CC2.[C-]1=CC=CC1.[Cl-].[Cl-].c1ccc2[cH-]ccc2c1. The van der Waals surface area contributed by atoms with Gasteiger partial charge in [0.15, 0.2) is 0 Å². The van der Waals surface area contributed by atoms with Crippen LogP contribution in [0.25, 0.3) is 10.8 Å². The first-order valence-corrected chi connectivity index (χ1v) is 18.9. The second kappa shape index (κ2) is 11.7. The zero-order valence-electron chi connectivity index (χ0n) is 13.1. The summed E-state index contributed by atoms with van der Waals surface area (Å²) in [5.74, 6) is 0. The zero-order valence-corrected chi connectivity index (χ0v) is 19.0. The molecule has 1 aliphatic carbocycles. The number of benzene rings is 1. The summed E-state index contributed by atoms with van der Waals surface area (Å²) < 4.78 is 0. The van der Waals surface area contributed by atoms with Crippen LogP contribution in [0.4, 0.5) is 0 Å². The Hall–Kier alpha value is 0.207. The van der Waals surface area contributed by atoms with Crippen LogP contribution < -0.4 is 24.8 Å². The van der Waals surface area contributed by atoms with Crippen molar-refractivity contribution < 1.29 is 45.3 Å². The summed E-state index contributed by atoms with van der Waals surface area (Å²) >= 11 is 0.465. The minimum atomic E-state index is 0. The number of rotatable bonds is 0. The Bertz CT molecular complexity index is 672. The summed E-state index contributed by atoms with van der Waals surface area (Å²) in [6, 6.07) is 21.8.